The molecule has 100 valence electrons. The lowest BCUT2D eigenvalue weighted by Crippen LogP contribution is -2.06. The van der Waals surface area contributed by atoms with Crippen molar-refractivity contribution in [3.63, 3.8) is 0 Å². The van der Waals surface area contributed by atoms with Gasteiger partial charge in [0.2, 0.25) is 0 Å². The van der Waals surface area contributed by atoms with Crippen molar-refractivity contribution in [1.82, 2.24) is 10.3 Å². The molecular weight excluding hydrogens is 334 g/mol. The molecule has 2 nitrogen and oxygen atoms in total. The second-order valence-electron chi connectivity index (χ2n) is 3.81. The summed E-state index contributed by atoms with van der Waals surface area (Å²) in [6.45, 7) is 0.423. The normalized spacial score (nSPS) is 10.7. The number of nitrogens with zero attached hydrogens (tertiary/aromatic N) is 1. The van der Waals surface area contributed by atoms with Crippen LogP contribution in [0.5, 0.6) is 0 Å². The van der Waals surface area contributed by atoms with Gasteiger partial charge in [-0.15, -0.1) is 0 Å². The van der Waals surface area contributed by atoms with Crippen molar-refractivity contribution < 1.29 is 8.78 Å². The first-order valence-corrected chi connectivity index (χ1v) is 7.13. The molecule has 0 saturated heterocycles. The van der Waals surface area contributed by atoms with Gasteiger partial charge >= 0.3 is 0 Å². The predicted molar refractivity (Wildman–Crippen MR) is 75.2 cm³/mol. The minimum Gasteiger partial charge on any atom is -0.316 e. The lowest BCUT2D eigenvalue weighted by Gasteiger charge is -2.08. The zero-order valence-corrected chi connectivity index (χ0v) is 12.5. The average Bonchev–Trinajstić information content (AvgIpc) is 2.36. The molecule has 2 rings (SSSR count). The first-order valence-electron chi connectivity index (χ1n) is 5.52. The van der Waals surface area contributed by atoms with Crippen LogP contribution in [-0.4, -0.2) is 12.0 Å². The molecule has 0 saturated carbocycles. The third-order valence-electron chi connectivity index (χ3n) is 2.36. The number of hydrogen-bond donors (Lipinski definition) is 1. The second-order valence-corrected chi connectivity index (χ2v) is 5.66. The molecular formula is C13H11BrF2N2S. The minimum absolute atomic E-state index is 0.0424. The maximum atomic E-state index is 13.9. The van der Waals surface area contributed by atoms with E-state index in [1.807, 2.05) is 0 Å². The van der Waals surface area contributed by atoms with Crippen LogP contribution in [0.15, 0.2) is 44.9 Å². The summed E-state index contributed by atoms with van der Waals surface area (Å²) in [5, 5.41) is 3.39. The number of hydrogen-bond acceptors (Lipinski definition) is 3. The number of aromatic nitrogens is 1. The molecule has 1 heterocycles. The molecule has 19 heavy (non-hydrogen) atoms. The first kappa shape index (κ1) is 14.4. The van der Waals surface area contributed by atoms with Gasteiger partial charge in [-0.2, -0.15) is 0 Å². The highest BCUT2D eigenvalue weighted by molar-refractivity contribution is 9.10. The van der Waals surface area contributed by atoms with Crippen LogP contribution in [0.1, 0.15) is 5.56 Å². The zero-order valence-electron chi connectivity index (χ0n) is 10.1. The van der Waals surface area contributed by atoms with Crippen molar-refractivity contribution in [1.29, 1.82) is 0 Å². The molecule has 1 N–H and O–H groups in total. The third-order valence-corrected chi connectivity index (χ3v) is 4.38. The van der Waals surface area contributed by atoms with Crippen LogP contribution in [0, 0.1) is 11.6 Å². The van der Waals surface area contributed by atoms with Gasteiger partial charge in [0.25, 0.3) is 0 Å². The Bertz CT molecular complexity index is 570. The number of benzene rings is 1. The summed E-state index contributed by atoms with van der Waals surface area (Å²) in [5.41, 5.74) is 0.571. The maximum Gasteiger partial charge on any atom is 0.140 e. The fraction of sp³-hybridized carbons (Fsp3) is 0.154. The van der Waals surface area contributed by atoms with E-state index in [9.17, 15) is 8.78 Å². The van der Waals surface area contributed by atoms with E-state index in [0.717, 1.165) is 11.8 Å². The molecule has 0 bridgehead atoms. The van der Waals surface area contributed by atoms with Crippen molar-refractivity contribution in [2.24, 2.45) is 0 Å². The van der Waals surface area contributed by atoms with Gasteiger partial charge in [-0.3, -0.25) is 0 Å². The molecule has 0 spiro atoms. The summed E-state index contributed by atoms with van der Waals surface area (Å²) in [6, 6.07) is 6.19. The van der Waals surface area contributed by atoms with Crippen LogP contribution in [0.3, 0.4) is 0 Å². The summed E-state index contributed by atoms with van der Waals surface area (Å²) in [4.78, 5) is 4.04. The molecule has 0 radical (unpaired) electrons. The Morgan fingerprint density at radius 3 is 2.58 bits per heavy atom. The van der Waals surface area contributed by atoms with Crippen LogP contribution in [-0.2, 0) is 6.54 Å². The molecule has 0 unspecified atom stereocenters. The summed E-state index contributed by atoms with van der Waals surface area (Å²) >= 11 is 4.27. The van der Waals surface area contributed by atoms with Gasteiger partial charge in [0.15, 0.2) is 0 Å². The van der Waals surface area contributed by atoms with E-state index in [4.69, 9.17) is 0 Å². The molecule has 1 aromatic heterocycles. The van der Waals surface area contributed by atoms with Gasteiger partial charge in [0, 0.05) is 12.7 Å². The summed E-state index contributed by atoms with van der Waals surface area (Å²) in [6.07, 6.45) is 1.58. The Morgan fingerprint density at radius 2 is 2.00 bits per heavy atom. The molecule has 0 aliphatic carbocycles. The quantitative estimate of drug-likeness (QED) is 0.907. The smallest absolute Gasteiger partial charge is 0.140 e. The predicted octanol–water partition coefficient (Wildman–Crippen LogP) is 3.99. The Hall–Kier alpha value is -0.980. The Labute approximate surface area is 122 Å². The molecule has 0 amide bonds. The van der Waals surface area contributed by atoms with Crippen LogP contribution in [0.25, 0.3) is 0 Å². The van der Waals surface area contributed by atoms with Crippen molar-refractivity contribution in [3.8, 4) is 0 Å². The first-order chi connectivity index (χ1) is 9.11. The highest BCUT2D eigenvalue weighted by Crippen LogP contribution is 2.35. The lowest BCUT2D eigenvalue weighted by molar-refractivity contribution is 0.535. The molecule has 0 fully saturated rings. The highest BCUT2D eigenvalue weighted by atomic mass is 79.9. The van der Waals surface area contributed by atoms with Crippen molar-refractivity contribution in [2.75, 3.05) is 7.05 Å². The van der Waals surface area contributed by atoms with Crippen LogP contribution >= 0.6 is 27.7 Å². The fourth-order valence-electron chi connectivity index (χ4n) is 1.56. The number of pyridine rings is 1. The van der Waals surface area contributed by atoms with Gasteiger partial charge in [-0.1, -0.05) is 11.8 Å². The zero-order chi connectivity index (χ0) is 13.8. The van der Waals surface area contributed by atoms with E-state index >= 15 is 0 Å². The minimum atomic E-state index is -0.576. The van der Waals surface area contributed by atoms with Gasteiger partial charge < -0.3 is 5.32 Å². The second kappa shape index (κ2) is 6.45. The fourth-order valence-corrected chi connectivity index (χ4v) is 2.84. The summed E-state index contributed by atoms with van der Waals surface area (Å²) < 4.78 is 28.5. The van der Waals surface area contributed by atoms with Crippen molar-refractivity contribution in [2.45, 2.75) is 16.5 Å². The van der Waals surface area contributed by atoms with Gasteiger partial charge in [0.05, 0.1) is 9.37 Å². The van der Waals surface area contributed by atoms with Crippen LogP contribution in [0.2, 0.25) is 0 Å². The maximum absolute atomic E-state index is 13.9. The van der Waals surface area contributed by atoms with E-state index in [1.165, 1.54) is 12.1 Å². The van der Waals surface area contributed by atoms with Crippen LogP contribution < -0.4 is 5.32 Å². The van der Waals surface area contributed by atoms with E-state index in [1.54, 1.807) is 25.4 Å². The number of halogens is 3. The monoisotopic (exact) mass is 344 g/mol. The van der Waals surface area contributed by atoms with Gasteiger partial charge in [-0.05, 0) is 52.8 Å². The Balaban J connectivity index is 2.33. The summed E-state index contributed by atoms with van der Waals surface area (Å²) in [5.74, 6) is -1.15. The SMILES string of the molecule is CNCc1cc(F)c(Sc2ncccc2Br)c(F)c1. The molecule has 0 atom stereocenters. The number of rotatable bonds is 4. The molecule has 6 heteroatoms. The standard InChI is InChI=1S/C13H11BrF2N2S/c1-17-7-8-5-10(15)12(11(16)6-8)19-13-9(14)3-2-4-18-13/h2-6,17H,7H2,1H3. The van der Waals surface area contributed by atoms with Gasteiger partial charge in [0.1, 0.15) is 16.7 Å². The highest BCUT2D eigenvalue weighted by Gasteiger charge is 2.14. The number of nitrogens with one attached hydrogen (secondary N) is 1. The average molecular weight is 345 g/mol. The Kier molecular flexibility index (Phi) is 4.90. The molecule has 0 aliphatic heterocycles. The van der Waals surface area contributed by atoms with E-state index in [-0.39, 0.29) is 4.90 Å². The summed E-state index contributed by atoms with van der Waals surface area (Å²) in [7, 11) is 1.73. The van der Waals surface area contributed by atoms with Crippen LogP contribution in [0.4, 0.5) is 8.78 Å². The Morgan fingerprint density at radius 1 is 1.32 bits per heavy atom. The van der Waals surface area contributed by atoms with Gasteiger partial charge in [-0.25, -0.2) is 13.8 Å². The van der Waals surface area contributed by atoms with E-state index < -0.39 is 11.6 Å². The molecule has 2 aromatic rings. The lowest BCUT2D eigenvalue weighted by atomic mass is 10.2. The van der Waals surface area contributed by atoms with E-state index in [0.29, 0.717) is 21.6 Å². The van der Waals surface area contributed by atoms with Crippen molar-refractivity contribution in [3.05, 3.63) is 52.1 Å². The topological polar surface area (TPSA) is 24.9 Å². The van der Waals surface area contributed by atoms with Crippen molar-refractivity contribution >= 4 is 27.7 Å². The largest absolute Gasteiger partial charge is 0.316 e. The van der Waals surface area contributed by atoms with E-state index in [2.05, 4.69) is 26.2 Å². The molecule has 1 aromatic carbocycles. The molecule has 0 aliphatic rings. The third kappa shape index (κ3) is 3.52.